The Morgan fingerprint density at radius 2 is 1.74 bits per heavy atom. The first-order valence-corrected chi connectivity index (χ1v) is 8.89. The minimum Gasteiger partial charge on any atom is -0.208 e. The third kappa shape index (κ3) is 4.33. The van der Waals surface area contributed by atoms with E-state index in [1.54, 1.807) is 0 Å². The Balaban J connectivity index is 3.21. The summed E-state index contributed by atoms with van der Waals surface area (Å²) in [7, 11) is -3.73. The Labute approximate surface area is 132 Å². The number of benzene rings is 1. The van der Waals surface area contributed by atoms with Gasteiger partial charge in [0.1, 0.15) is 4.90 Å². The maximum atomic E-state index is 12.4. The molecule has 0 aliphatic carbocycles. The predicted octanol–water partition coefficient (Wildman–Crippen LogP) is 4.47. The summed E-state index contributed by atoms with van der Waals surface area (Å²) in [6.45, 7) is 5.85. The molecule has 1 unspecified atom stereocenters. The second-order valence-electron chi connectivity index (χ2n) is 4.58. The van der Waals surface area contributed by atoms with Crippen LogP contribution < -0.4 is 4.72 Å². The topological polar surface area (TPSA) is 46.2 Å². The maximum Gasteiger partial charge on any atom is 0.243 e. The van der Waals surface area contributed by atoms with Gasteiger partial charge in [-0.1, -0.05) is 59.9 Å². The van der Waals surface area contributed by atoms with E-state index < -0.39 is 10.0 Å². The average molecular weight is 389 g/mol. The van der Waals surface area contributed by atoms with Crippen LogP contribution in [0, 0.1) is 5.92 Å². The first-order valence-electron chi connectivity index (χ1n) is 5.86. The van der Waals surface area contributed by atoms with Gasteiger partial charge in [-0.2, -0.15) is 0 Å². The van der Waals surface area contributed by atoms with Gasteiger partial charge < -0.3 is 0 Å². The lowest BCUT2D eigenvalue weighted by molar-refractivity contribution is 0.437. The zero-order valence-electron chi connectivity index (χ0n) is 10.9. The van der Waals surface area contributed by atoms with Crippen LogP contribution in [-0.2, 0) is 10.0 Å². The third-order valence-electron chi connectivity index (χ3n) is 2.78. The summed E-state index contributed by atoms with van der Waals surface area (Å²) < 4.78 is 28.0. The Bertz CT molecular complexity index is 538. The lowest BCUT2D eigenvalue weighted by Crippen LogP contribution is -2.38. The molecule has 7 heteroatoms. The van der Waals surface area contributed by atoms with E-state index in [1.807, 2.05) is 20.8 Å². The lowest BCUT2D eigenvalue weighted by Gasteiger charge is -2.21. The highest BCUT2D eigenvalue weighted by atomic mass is 79.9. The van der Waals surface area contributed by atoms with E-state index in [1.165, 1.54) is 12.1 Å². The summed E-state index contributed by atoms with van der Waals surface area (Å²) in [6.07, 6.45) is 0.697. The van der Waals surface area contributed by atoms with E-state index in [4.69, 9.17) is 23.2 Å². The van der Waals surface area contributed by atoms with Crippen LogP contribution in [-0.4, -0.2) is 14.5 Å². The summed E-state index contributed by atoms with van der Waals surface area (Å²) in [5, 5.41) is 0.205. The molecular weight excluding hydrogens is 373 g/mol. The van der Waals surface area contributed by atoms with Crippen molar-refractivity contribution in [2.75, 3.05) is 0 Å². The fourth-order valence-corrected chi connectivity index (χ4v) is 5.14. The van der Waals surface area contributed by atoms with Gasteiger partial charge in [0.25, 0.3) is 0 Å². The highest BCUT2D eigenvalue weighted by Crippen LogP contribution is 2.33. The summed E-state index contributed by atoms with van der Waals surface area (Å²) in [5.41, 5.74) is 0. The van der Waals surface area contributed by atoms with Crippen molar-refractivity contribution >= 4 is 49.2 Å². The van der Waals surface area contributed by atoms with Gasteiger partial charge in [-0.3, -0.25) is 0 Å². The molecule has 1 atom stereocenters. The lowest BCUT2D eigenvalue weighted by atomic mass is 10.0. The van der Waals surface area contributed by atoms with Crippen molar-refractivity contribution in [3.05, 3.63) is 26.7 Å². The predicted molar refractivity (Wildman–Crippen MR) is 83.4 cm³/mol. The van der Waals surface area contributed by atoms with Crippen molar-refractivity contribution < 1.29 is 8.42 Å². The maximum absolute atomic E-state index is 12.4. The average Bonchev–Trinajstić information content (AvgIpc) is 2.23. The van der Waals surface area contributed by atoms with Crippen LogP contribution in [0.15, 0.2) is 21.5 Å². The molecule has 0 aliphatic rings. The molecule has 0 fully saturated rings. The monoisotopic (exact) mass is 387 g/mol. The molecule has 1 aromatic carbocycles. The van der Waals surface area contributed by atoms with Crippen molar-refractivity contribution in [3.63, 3.8) is 0 Å². The minimum atomic E-state index is -3.73. The van der Waals surface area contributed by atoms with Gasteiger partial charge >= 0.3 is 0 Å². The molecule has 0 spiro atoms. The van der Waals surface area contributed by atoms with E-state index in [2.05, 4.69) is 20.7 Å². The van der Waals surface area contributed by atoms with Gasteiger partial charge in [0.2, 0.25) is 10.0 Å². The largest absolute Gasteiger partial charge is 0.243 e. The Morgan fingerprint density at radius 1 is 1.26 bits per heavy atom. The van der Waals surface area contributed by atoms with E-state index in [9.17, 15) is 8.42 Å². The van der Waals surface area contributed by atoms with Crippen molar-refractivity contribution in [1.29, 1.82) is 0 Å². The van der Waals surface area contributed by atoms with Gasteiger partial charge in [-0.25, -0.2) is 13.1 Å². The van der Waals surface area contributed by atoms with Gasteiger partial charge in [-0.15, -0.1) is 0 Å². The Hall–Kier alpha value is 0.190. The number of halogens is 3. The van der Waals surface area contributed by atoms with Gasteiger partial charge in [0.05, 0.1) is 10.0 Å². The quantitative estimate of drug-likeness (QED) is 0.808. The molecule has 0 saturated carbocycles. The molecule has 3 nitrogen and oxygen atoms in total. The molecule has 0 aliphatic heterocycles. The van der Waals surface area contributed by atoms with Crippen LogP contribution in [0.25, 0.3) is 0 Å². The zero-order chi connectivity index (χ0) is 14.8. The van der Waals surface area contributed by atoms with Crippen molar-refractivity contribution in [1.82, 2.24) is 4.72 Å². The first-order chi connectivity index (χ1) is 8.69. The van der Waals surface area contributed by atoms with Crippen LogP contribution >= 0.6 is 39.1 Å². The van der Waals surface area contributed by atoms with Crippen LogP contribution in [0.5, 0.6) is 0 Å². The molecule has 0 bridgehead atoms. The molecule has 19 heavy (non-hydrogen) atoms. The van der Waals surface area contributed by atoms with Gasteiger partial charge in [0.15, 0.2) is 0 Å². The van der Waals surface area contributed by atoms with Crippen LogP contribution in [0.1, 0.15) is 27.2 Å². The first kappa shape index (κ1) is 17.2. The molecule has 1 N–H and O–H groups in total. The van der Waals surface area contributed by atoms with Crippen molar-refractivity contribution in [3.8, 4) is 0 Å². The fraction of sp³-hybridized carbons (Fsp3) is 0.500. The SMILES string of the molecule is CCC(NS(=O)(=O)c1c(Cl)cc(Br)cc1Cl)C(C)C. The Morgan fingerprint density at radius 3 is 2.11 bits per heavy atom. The summed E-state index contributed by atoms with van der Waals surface area (Å²) in [5.74, 6) is 0.188. The third-order valence-corrected chi connectivity index (χ3v) is 5.65. The molecule has 0 radical (unpaired) electrons. The highest BCUT2D eigenvalue weighted by molar-refractivity contribution is 9.10. The molecule has 1 aromatic rings. The second-order valence-corrected chi connectivity index (χ2v) is 7.96. The number of nitrogens with one attached hydrogen (secondary N) is 1. The smallest absolute Gasteiger partial charge is 0.208 e. The van der Waals surface area contributed by atoms with E-state index in [0.29, 0.717) is 10.9 Å². The number of sulfonamides is 1. The van der Waals surface area contributed by atoms with Crippen LogP contribution in [0.3, 0.4) is 0 Å². The normalized spacial score (nSPS) is 13.8. The zero-order valence-corrected chi connectivity index (χ0v) is 14.8. The van der Waals surface area contributed by atoms with Gasteiger partial charge in [-0.05, 0) is 24.5 Å². The molecule has 0 saturated heterocycles. The fourth-order valence-electron chi connectivity index (χ4n) is 1.73. The molecule has 1 rings (SSSR count). The van der Waals surface area contributed by atoms with Gasteiger partial charge in [0, 0.05) is 10.5 Å². The minimum absolute atomic E-state index is 0.0712. The summed E-state index contributed by atoms with van der Waals surface area (Å²) in [4.78, 5) is -0.0712. The summed E-state index contributed by atoms with van der Waals surface area (Å²) in [6, 6.07) is 2.87. The second kappa shape index (κ2) is 6.76. The highest BCUT2D eigenvalue weighted by Gasteiger charge is 2.26. The van der Waals surface area contributed by atoms with Crippen LogP contribution in [0.2, 0.25) is 10.0 Å². The molecular formula is C12H16BrCl2NO2S. The summed E-state index contributed by atoms with van der Waals surface area (Å²) >= 11 is 15.2. The number of hydrogen-bond donors (Lipinski definition) is 1. The molecule has 108 valence electrons. The van der Waals surface area contributed by atoms with Crippen molar-refractivity contribution in [2.45, 2.75) is 38.1 Å². The van der Waals surface area contributed by atoms with Crippen LogP contribution in [0.4, 0.5) is 0 Å². The van der Waals surface area contributed by atoms with Crippen molar-refractivity contribution in [2.24, 2.45) is 5.92 Å². The standard InChI is InChI=1S/C12H16BrCl2NO2S/c1-4-11(7(2)3)16-19(17,18)12-9(14)5-8(13)6-10(12)15/h5-7,11,16H,4H2,1-3H3. The Kier molecular flexibility index (Phi) is 6.14. The molecule has 0 amide bonds. The van der Waals surface area contributed by atoms with E-state index in [-0.39, 0.29) is 26.9 Å². The van der Waals surface area contributed by atoms with E-state index in [0.717, 1.165) is 0 Å². The number of hydrogen-bond acceptors (Lipinski definition) is 2. The van der Waals surface area contributed by atoms with E-state index >= 15 is 0 Å². The molecule has 0 aromatic heterocycles. The molecule has 0 heterocycles. The number of rotatable bonds is 5.